The second-order valence-electron chi connectivity index (χ2n) is 7.41. The zero-order chi connectivity index (χ0) is 23.9. The summed E-state index contributed by atoms with van der Waals surface area (Å²) in [5.74, 6) is -1.02. The van der Waals surface area contributed by atoms with Crippen LogP contribution in [0.1, 0.15) is 15.9 Å². The van der Waals surface area contributed by atoms with E-state index in [1.165, 1.54) is 41.2 Å². The molecule has 0 spiro atoms. The number of tetrazole rings is 1. The number of amides is 2. The quantitative estimate of drug-likeness (QED) is 0.419. The van der Waals surface area contributed by atoms with Crippen molar-refractivity contribution in [1.29, 1.82) is 0 Å². The number of rotatable bonds is 8. The van der Waals surface area contributed by atoms with Gasteiger partial charge in [0.2, 0.25) is 11.7 Å². The molecule has 0 aliphatic carbocycles. The van der Waals surface area contributed by atoms with Crippen LogP contribution in [-0.4, -0.2) is 38.6 Å². The Bertz CT molecular complexity index is 1270. The number of aromatic nitrogens is 4. The number of anilines is 1. The maximum atomic E-state index is 13.0. The Morgan fingerprint density at radius 3 is 2.18 bits per heavy atom. The van der Waals surface area contributed by atoms with Gasteiger partial charge in [-0.2, -0.15) is 4.80 Å². The topological polar surface area (TPSA) is 102 Å². The Hall–Kier alpha value is -4.47. The van der Waals surface area contributed by atoms with Gasteiger partial charge in [0.15, 0.2) is 0 Å². The molecule has 34 heavy (non-hydrogen) atoms. The fraction of sp³-hybridized carbons (Fsp3) is 0.125. The molecule has 4 aromatic rings. The van der Waals surface area contributed by atoms with Crippen LogP contribution >= 0.6 is 0 Å². The summed E-state index contributed by atoms with van der Waals surface area (Å²) in [5, 5.41) is 17.6. The normalized spacial score (nSPS) is 10.6. The molecule has 4 rings (SSSR count). The first-order valence-corrected chi connectivity index (χ1v) is 10.4. The summed E-state index contributed by atoms with van der Waals surface area (Å²) in [6, 6.07) is 18.1. The fourth-order valence-electron chi connectivity index (χ4n) is 3.11. The van der Waals surface area contributed by atoms with Crippen molar-refractivity contribution >= 4 is 17.5 Å². The molecular weight excluding hydrogens is 442 g/mol. The average molecular weight is 462 g/mol. The Morgan fingerprint density at radius 1 is 0.853 bits per heavy atom. The van der Waals surface area contributed by atoms with Gasteiger partial charge in [0.05, 0.1) is 0 Å². The zero-order valence-electron chi connectivity index (χ0n) is 17.9. The number of carbonyl (C=O) groups excluding carboxylic acids is 2. The summed E-state index contributed by atoms with van der Waals surface area (Å²) in [4.78, 5) is 25.5. The molecule has 172 valence electrons. The highest BCUT2D eigenvalue weighted by atomic mass is 19.1. The molecule has 2 amide bonds. The Balaban J connectivity index is 1.28. The van der Waals surface area contributed by atoms with Crippen LogP contribution in [-0.2, 0) is 17.8 Å². The lowest BCUT2D eigenvalue weighted by molar-refractivity contribution is -0.122. The highest BCUT2D eigenvalue weighted by molar-refractivity contribution is 6.04. The van der Waals surface area contributed by atoms with Gasteiger partial charge >= 0.3 is 0 Å². The first-order valence-electron chi connectivity index (χ1n) is 10.4. The SMILES string of the molecule is O=C(Cn1nnc(-c2ccc(NC(=O)c3ccc(F)cc3)cc2)n1)NCCc1ccc(F)cc1. The van der Waals surface area contributed by atoms with Gasteiger partial charge in [-0.1, -0.05) is 12.1 Å². The first kappa shape index (κ1) is 22.7. The molecule has 0 fully saturated rings. The molecule has 0 unspecified atom stereocenters. The van der Waals surface area contributed by atoms with Crippen molar-refractivity contribution in [2.45, 2.75) is 13.0 Å². The minimum atomic E-state index is -0.413. The maximum absolute atomic E-state index is 13.0. The number of hydrogen-bond acceptors (Lipinski definition) is 5. The smallest absolute Gasteiger partial charge is 0.255 e. The molecule has 8 nitrogen and oxygen atoms in total. The van der Waals surface area contributed by atoms with Crippen LogP contribution in [0.4, 0.5) is 14.5 Å². The van der Waals surface area contributed by atoms with Gasteiger partial charge in [0.1, 0.15) is 18.2 Å². The van der Waals surface area contributed by atoms with Gasteiger partial charge in [0.25, 0.3) is 5.91 Å². The van der Waals surface area contributed by atoms with E-state index in [-0.39, 0.29) is 24.2 Å². The predicted molar refractivity (Wildman–Crippen MR) is 121 cm³/mol. The summed E-state index contributed by atoms with van der Waals surface area (Å²) in [5.41, 5.74) is 2.46. The van der Waals surface area contributed by atoms with Crippen molar-refractivity contribution in [3.63, 3.8) is 0 Å². The first-order chi connectivity index (χ1) is 16.5. The summed E-state index contributed by atoms with van der Waals surface area (Å²) < 4.78 is 25.9. The third kappa shape index (κ3) is 6.06. The lowest BCUT2D eigenvalue weighted by atomic mass is 10.1. The molecule has 0 radical (unpaired) electrons. The van der Waals surface area contributed by atoms with E-state index in [1.54, 1.807) is 36.4 Å². The van der Waals surface area contributed by atoms with Crippen LogP contribution in [0.3, 0.4) is 0 Å². The van der Waals surface area contributed by atoms with Crippen LogP contribution in [0.2, 0.25) is 0 Å². The molecule has 1 heterocycles. The van der Waals surface area contributed by atoms with E-state index in [1.807, 2.05) is 0 Å². The van der Waals surface area contributed by atoms with E-state index in [9.17, 15) is 18.4 Å². The minimum Gasteiger partial charge on any atom is -0.354 e. The number of halogens is 2. The van der Waals surface area contributed by atoms with Crippen molar-refractivity contribution in [2.75, 3.05) is 11.9 Å². The van der Waals surface area contributed by atoms with Crippen LogP contribution in [0, 0.1) is 11.6 Å². The number of hydrogen-bond donors (Lipinski definition) is 2. The molecule has 0 atom stereocenters. The van der Waals surface area contributed by atoms with Crippen molar-refractivity contribution in [1.82, 2.24) is 25.5 Å². The van der Waals surface area contributed by atoms with E-state index in [0.29, 0.717) is 35.6 Å². The second kappa shape index (κ2) is 10.4. The summed E-state index contributed by atoms with van der Waals surface area (Å²) in [7, 11) is 0. The molecule has 0 aliphatic rings. The van der Waals surface area contributed by atoms with Gasteiger partial charge < -0.3 is 10.6 Å². The van der Waals surface area contributed by atoms with Crippen LogP contribution in [0.25, 0.3) is 11.4 Å². The fourth-order valence-corrected chi connectivity index (χ4v) is 3.11. The van der Waals surface area contributed by atoms with Crippen molar-refractivity contribution in [3.8, 4) is 11.4 Å². The highest BCUT2D eigenvalue weighted by Gasteiger charge is 2.11. The molecule has 2 N–H and O–H groups in total. The number of carbonyl (C=O) groups is 2. The second-order valence-corrected chi connectivity index (χ2v) is 7.41. The summed E-state index contributed by atoms with van der Waals surface area (Å²) in [6.45, 7) is 0.305. The van der Waals surface area contributed by atoms with Crippen LogP contribution in [0.15, 0.2) is 72.8 Å². The van der Waals surface area contributed by atoms with Crippen molar-refractivity contribution < 1.29 is 18.4 Å². The van der Waals surface area contributed by atoms with Gasteiger partial charge in [-0.3, -0.25) is 9.59 Å². The van der Waals surface area contributed by atoms with Gasteiger partial charge in [-0.25, -0.2) is 8.78 Å². The molecule has 0 bridgehead atoms. The van der Waals surface area contributed by atoms with E-state index >= 15 is 0 Å². The molecular formula is C24H20F2N6O2. The van der Waals surface area contributed by atoms with Crippen LogP contribution in [0.5, 0.6) is 0 Å². The molecule has 1 aromatic heterocycles. The molecule has 0 saturated heterocycles. The maximum Gasteiger partial charge on any atom is 0.255 e. The zero-order valence-corrected chi connectivity index (χ0v) is 17.9. The van der Waals surface area contributed by atoms with E-state index in [0.717, 1.165) is 5.56 Å². The number of nitrogens with zero attached hydrogens (tertiary/aromatic N) is 4. The van der Waals surface area contributed by atoms with Crippen molar-refractivity contribution in [2.24, 2.45) is 0 Å². The minimum absolute atomic E-state index is 0.0950. The monoisotopic (exact) mass is 462 g/mol. The van der Waals surface area contributed by atoms with E-state index < -0.39 is 5.82 Å². The molecule has 0 aliphatic heterocycles. The highest BCUT2D eigenvalue weighted by Crippen LogP contribution is 2.18. The largest absolute Gasteiger partial charge is 0.354 e. The number of benzene rings is 3. The third-order valence-corrected chi connectivity index (χ3v) is 4.89. The Kier molecular flexibility index (Phi) is 6.97. The standard InChI is InChI=1S/C24H20F2N6O2/c25-19-7-1-16(2-8-19)13-14-27-22(33)15-32-30-23(29-31-32)17-5-11-21(12-6-17)28-24(34)18-3-9-20(26)10-4-18/h1-12H,13-15H2,(H,27,33)(H,28,34). The molecule has 3 aromatic carbocycles. The summed E-state index contributed by atoms with van der Waals surface area (Å²) >= 11 is 0. The van der Waals surface area contributed by atoms with E-state index in [2.05, 4.69) is 26.0 Å². The number of nitrogens with one attached hydrogen (secondary N) is 2. The summed E-state index contributed by atoms with van der Waals surface area (Å²) in [6.07, 6.45) is 0.575. The molecule has 10 heteroatoms. The Labute approximate surface area is 193 Å². The lowest BCUT2D eigenvalue weighted by Crippen LogP contribution is -2.30. The van der Waals surface area contributed by atoms with Crippen molar-refractivity contribution in [3.05, 3.63) is 95.6 Å². The van der Waals surface area contributed by atoms with E-state index in [4.69, 9.17) is 0 Å². The van der Waals surface area contributed by atoms with Gasteiger partial charge in [-0.15, -0.1) is 10.2 Å². The predicted octanol–water partition coefficient (Wildman–Crippen LogP) is 3.23. The third-order valence-electron chi connectivity index (χ3n) is 4.89. The van der Waals surface area contributed by atoms with Gasteiger partial charge in [0, 0.05) is 23.4 Å². The Morgan fingerprint density at radius 2 is 1.50 bits per heavy atom. The molecule has 0 saturated carbocycles. The average Bonchev–Trinajstić information content (AvgIpc) is 3.29. The lowest BCUT2D eigenvalue weighted by Gasteiger charge is -2.06. The van der Waals surface area contributed by atoms with Gasteiger partial charge in [-0.05, 0) is 77.9 Å². The van der Waals surface area contributed by atoms with Crippen LogP contribution < -0.4 is 10.6 Å².